The molecule has 1 aliphatic heterocycles. The molecule has 7 heteroatoms. The van der Waals surface area contributed by atoms with Crippen molar-refractivity contribution in [3.05, 3.63) is 28.9 Å². The normalized spacial score (nSPS) is 16.1. The Morgan fingerprint density at radius 3 is 2.95 bits per heavy atom. The van der Waals surface area contributed by atoms with Gasteiger partial charge in [0.15, 0.2) is 0 Å². The first-order valence-corrected chi connectivity index (χ1v) is 7.70. The van der Waals surface area contributed by atoms with Crippen molar-refractivity contribution in [2.45, 2.75) is 6.54 Å². The van der Waals surface area contributed by atoms with Gasteiger partial charge in [0.25, 0.3) is 0 Å². The molecule has 0 bridgehead atoms. The lowest BCUT2D eigenvalue weighted by Crippen LogP contribution is -2.43. The molecule has 0 atom stereocenters. The molecule has 2 aromatic rings. The molecule has 0 radical (unpaired) electrons. The number of rotatable bonds is 4. The van der Waals surface area contributed by atoms with Crippen molar-refractivity contribution in [3.8, 4) is 0 Å². The molecule has 22 heavy (non-hydrogen) atoms. The second-order valence-electron chi connectivity index (χ2n) is 5.37. The molecule has 0 saturated carbocycles. The summed E-state index contributed by atoms with van der Waals surface area (Å²) < 4.78 is 7.06. The van der Waals surface area contributed by atoms with Gasteiger partial charge in [-0.15, -0.1) is 0 Å². The highest BCUT2D eigenvalue weighted by Crippen LogP contribution is 2.26. The number of aromatic nitrogens is 2. The van der Waals surface area contributed by atoms with E-state index in [1.54, 1.807) is 4.68 Å². The molecule has 1 aliphatic rings. The molecule has 1 fully saturated rings. The maximum absolute atomic E-state index is 12.1. The van der Waals surface area contributed by atoms with Crippen molar-refractivity contribution in [2.24, 2.45) is 7.05 Å². The molecule has 3 rings (SSSR count). The number of carbonyl (C=O) groups is 1. The Bertz CT molecular complexity index is 679. The van der Waals surface area contributed by atoms with Crippen LogP contribution in [0.15, 0.2) is 18.2 Å². The zero-order valence-electron chi connectivity index (χ0n) is 12.5. The lowest BCUT2D eigenvalue weighted by molar-refractivity contribution is -0.123. The Labute approximate surface area is 134 Å². The van der Waals surface area contributed by atoms with E-state index in [4.69, 9.17) is 16.3 Å². The molecule has 1 saturated heterocycles. The van der Waals surface area contributed by atoms with Crippen LogP contribution in [0.3, 0.4) is 0 Å². The fraction of sp³-hybridized carbons (Fsp3) is 0.467. The number of nitrogens with zero attached hydrogens (tertiary/aromatic N) is 3. The van der Waals surface area contributed by atoms with Crippen LogP contribution in [-0.2, 0) is 23.1 Å². The number of amides is 1. The molecule has 0 spiro atoms. The van der Waals surface area contributed by atoms with E-state index in [0.29, 0.717) is 31.3 Å². The van der Waals surface area contributed by atoms with Gasteiger partial charge in [-0.3, -0.25) is 14.4 Å². The molecule has 2 heterocycles. The van der Waals surface area contributed by atoms with E-state index in [1.807, 2.05) is 25.2 Å². The van der Waals surface area contributed by atoms with Crippen LogP contribution in [0.4, 0.5) is 0 Å². The number of nitrogens with one attached hydrogen (secondary N) is 1. The number of benzene rings is 1. The van der Waals surface area contributed by atoms with Gasteiger partial charge in [0.2, 0.25) is 5.91 Å². The Morgan fingerprint density at radius 2 is 2.18 bits per heavy atom. The summed E-state index contributed by atoms with van der Waals surface area (Å²) in [5, 5.41) is 8.93. The lowest BCUT2D eigenvalue weighted by Gasteiger charge is -2.25. The van der Waals surface area contributed by atoms with Gasteiger partial charge in [-0.2, -0.15) is 5.10 Å². The molecular weight excluding hydrogens is 304 g/mol. The summed E-state index contributed by atoms with van der Waals surface area (Å²) in [4.78, 5) is 14.1. The highest BCUT2D eigenvalue weighted by atomic mass is 35.5. The van der Waals surface area contributed by atoms with Crippen LogP contribution in [0.5, 0.6) is 0 Å². The average Bonchev–Trinajstić information content (AvgIpc) is 2.84. The van der Waals surface area contributed by atoms with Crippen LogP contribution in [0.1, 0.15) is 5.69 Å². The SMILES string of the molecule is Cn1nc(CNC(=O)CN2CCOCC2)c2c(Cl)cccc21. The summed E-state index contributed by atoms with van der Waals surface area (Å²) in [5.41, 5.74) is 1.75. The first kappa shape index (κ1) is 15.3. The van der Waals surface area contributed by atoms with E-state index in [-0.39, 0.29) is 5.91 Å². The standard InChI is InChI=1S/C15H19ClN4O2/c1-19-13-4-2-3-11(16)15(13)12(18-19)9-17-14(21)10-20-5-7-22-8-6-20/h2-4H,5-10H2,1H3,(H,17,21). The number of aryl methyl sites for hydroxylation is 1. The van der Waals surface area contributed by atoms with Crippen molar-refractivity contribution < 1.29 is 9.53 Å². The van der Waals surface area contributed by atoms with Gasteiger partial charge >= 0.3 is 0 Å². The van der Waals surface area contributed by atoms with E-state index in [9.17, 15) is 4.79 Å². The van der Waals surface area contributed by atoms with Crippen molar-refractivity contribution >= 4 is 28.4 Å². The van der Waals surface area contributed by atoms with Gasteiger partial charge in [-0.25, -0.2) is 0 Å². The second kappa shape index (κ2) is 6.64. The number of hydrogen-bond donors (Lipinski definition) is 1. The third-order valence-corrected chi connectivity index (χ3v) is 4.14. The number of hydrogen-bond acceptors (Lipinski definition) is 4. The van der Waals surface area contributed by atoms with Crippen LogP contribution < -0.4 is 5.32 Å². The monoisotopic (exact) mass is 322 g/mol. The zero-order valence-corrected chi connectivity index (χ0v) is 13.3. The van der Waals surface area contributed by atoms with Gasteiger partial charge < -0.3 is 10.1 Å². The van der Waals surface area contributed by atoms with E-state index in [0.717, 1.165) is 29.7 Å². The highest BCUT2D eigenvalue weighted by Gasteiger charge is 2.16. The molecule has 6 nitrogen and oxygen atoms in total. The minimum atomic E-state index is -0.00671. The molecule has 1 aromatic carbocycles. The number of ether oxygens (including phenoxy) is 1. The van der Waals surface area contributed by atoms with E-state index in [1.165, 1.54) is 0 Å². The maximum Gasteiger partial charge on any atom is 0.234 e. The molecule has 0 unspecified atom stereocenters. The molecule has 0 aliphatic carbocycles. The molecule has 1 N–H and O–H groups in total. The van der Waals surface area contributed by atoms with Crippen molar-refractivity contribution in [2.75, 3.05) is 32.8 Å². The molecule has 1 amide bonds. The highest BCUT2D eigenvalue weighted by molar-refractivity contribution is 6.35. The van der Waals surface area contributed by atoms with Crippen LogP contribution in [0.2, 0.25) is 5.02 Å². The van der Waals surface area contributed by atoms with Crippen molar-refractivity contribution in [1.29, 1.82) is 0 Å². The Kier molecular flexibility index (Phi) is 4.61. The van der Waals surface area contributed by atoms with Gasteiger partial charge in [-0.05, 0) is 12.1 Å². The smallest absolute Gasteiger partial charge is 0.234 e. The summed E-state index contributed by atoms with van der Waals surface area (Å²) in [7, 11) is 1.87. The fourth-order valence-corrected chi connectivity index (χ4v) is 2.96. The van der Waals surface area contributed by atoms with Gasteiger partial charge in [0.05, 0.1) is 42.5 Å². The largest absolute Gasteiger partial charge is 0.379 e. The lowest BCUT2D eigenvalue weighted by atomic mass is 10.2. The van der Waals surface area contributed by atoms with E-state index in [2.05, 4.69) is 15.3 Å². The van der Waals surface area contributed by atoms with Gasteiger partial charge in [0.1, 0.15) is 0 Å². The first-order chi connectivity index (χ1) is 10.6. The third-order valence-electron chi connectivity index (χ3n) is 3.82. The van der Waals surface area contributed by atoms with Crippen molar-refractivity contribution in [1.82, 2.24) is 20.0 Å². The number of morpholine rings is 1. The Morgan fingerprint density at radius 1 is 1.41 bits per heavy atom. The summed E-state index contributed by atoms with van der Waals surface area (Å²) in [6.07, 6.45) is 0. The predicted molar refractivity (Wildman–Crippen MR) is 84.8 cm³/mol. The molecule has 1 aromatic heterocycles. The molecular formula is C15H19ClN4O2. The second-order valence-corrected chi connectivity index (χ2v) is 5.78. The fourth-order valence-electron chi connectivity index (χ4n) is 2.68. The number of carbonyl (C=O) groups excluding carboxylic acids is 1. The van der Waals surface area contributed by atoms with Crippen molar-refractivity contribution in [3.63, 3.8) is 0 Å². The van der Waals surface area contributed by atoms with Gasteiger partial charge in [0, 0.05) is 25.5 Å². The Balaban J connectivity index is 1.65. The van der Waals surface area contributed by atoms with Crippen LogP contribution >= 0.6 is 11.6 Å². The summed E-state index contributed by atoms with van der Waals surface area (Å²) >= 11 is 6.26. The maximum atomic E-state index is 12.1. The van der Waals surface area contributed by atoms with E-state index >= 15 is 0 Å². The number of fused-ring (bicyclic) bond motifs is 1. The van der Waals surface area contributed by atoms with Crippen LogP contribution in [0, 0.1) is 0 Å². The quantitative estimate of drug-likeness (QED) is 0.918. The third kappa shape index (κ3) is 3.24. The van der Waals surface area contributed by atoms with E-state index < -0.39 is 0 Å². The predicted octanol–water partition coefficient (Wildman–Crippen LogP) is 1.18. The number of halogens is 1. The topological polar surface area (TPSA) is 59.4 Å². The zero-order chi connectivity index (χ0) is 15.5. The summed E-state index contributed by atoms with van der Waals surface area (Å²) in [6, 6.07) is 5.70. The average molecular weight is 323 g/mol. The van der Waals surface area contributed by atoms with Gasteiger partial charge in [-0.1, -0.05) is 17.7 Å². The molecule has 118 valence electrons. The minimum absolute atomic E-state index is 0.00671. The summed E-state index contributed by atoms with van der Waals surface area (Å²) in [5.74, 6) is -0.00671. The minimum Gasteiger partial charge on any atom is -0.379 e. The first-order valence-electron chi connectivity index (χ1n) is 7.32. The Hall–Kier alpha value is -1.63. The van der Waals surface area contributed by atoms with Crippen LogP contribution in [0.25, 0.3) is 10.9 Å². The van der Waals surface area contributed by atoms with Crippen LogP contribution in [-0.4, -0.2) is 53.4 Å². The summed E-state index contributed by atoms with van der Waals surface area (Å²) in [6.45, 7) is 3.74.